The second kappa shape index (κ2) is 3.91. The molecule has 2 atom stereocenters. The van der Waals surface area contributed by atoms with Gasteiger partial charge in [-0.05, 0) is 17.5 Å². The van der Waals surface area contributed by atoms with Gasteiger partial charge in [0.2, 0.25) is 4.21 Å². The van der Waals surface area contributed by atoms with Crippen LogP contribution in [0.3, 0.4) is 0 Å². The van der Waals surface area contributed by atoms with Gasteiger partial charge < -0.3 is 0 Å². The van der Waals surface area contributed by atoms with E-state index in [1.165, 1.54) is 18.2 Å². The first-order chi connectivity index (χ1) is 8.08. The predicted molar refractivity (Wildman–Crippen MR) is 64.6 cm³/mol. The highest BCUT2D eigenvalue weighted by molar-refractivity contribution is 7.91. The zero-order valence-electron chi connectivity index (χ0n) is 8.82. The van der Waals surface area contributed by atoms with Crippen LogP contribution >= 0.6 is 11.6 Å². The third-order valence-electron chi connectivity index (χ3n) is 2.94. The molecule has 6 nitrogen and oxygen atoms in total. The van der Waals surface area contributed by atoms with Crippen molar-refractivity contribution in [3.8, 4) is 0 Å². The average molecular weight is 313 g/mol. The summed E-state index contributed by atoms with van der Waals surface area (Å²) in [5.41, 5.74) is 0.324. The van der Waals surface area contributed by atoms with Gasteiger partial charge in [0.15, 0.2) is 0 Å². The molecule has 0 spiro atoms. The lowest BCUT2D eigenvalue weighted by molar-refractivity contribution is 0.435. The second-order valence-corrected chi connectivity index (χ2v) is 8.00. The van der Waals surface area contributed by atoms with Gasteiger partial charge in [0.1, 0.15) is 5.25 Å². The van der Waals surface area contributed by atoms with E-state index in [1.54, 1.807) is 6.07 Å². The molecule has 0 aromatic heterocycles. The minimum absolute atomic E-state index is 0.0307. The Labute approximate surface area is 109 Å². The summed E-state index contributed by atoms with van der Waals surface area (Å²) in [5, 5.41) is -1.83. The molecular formula is C9H9ClO6S2. The minimum atomic E-state index is -4.92. The molecule has 1 aliphatic rings. The fraction of sp³-hybridized carbons (Fsp3) is 0.333. The van der Waals surface area contributed by atoms with Crippen molar-refractivity contribution < 1.29 is 25.9 Å². The Morgan fingerprint density at radius 1 is 1.17 bits per heavy atom. The molecule has 2 unspecified atom stereocenters. The lowest BCUT2D eigenvalue weighted by Gasteiger charge is -2.24. The van der Waals surface area contributed by atoms with E-state index in [2.05, 4.69) is 0 Å². The zero-order chi connectivity index (χ0) is 13.8. The van der Waals surface area contributed by atoms with Crippen molar-refractivity contribution >= 4 is 31.8 Å². The van der Waals surface area contributed by atoms with Crippen LogP contribution in [0.4, 0.5) is 0 Å². The molecule has 0 aliphatic heterocycles. The van der Waals surface area contributed by atoms with Crippen molar-refractivity contribution in [3.05, 3.63) is 35.4 Å². The maximum Gasteiger partial charge on any atom is 0.290 e. The summed E-state index contributed by atoms with van der Waals surface area (Å²) in [6, 6.07) is 5.84. The molecule has 0 bridgehead atoms. The molecule has 100 valence electrons. The molecule has 1 aliphatic carbocycles. The van der Waals surface area contributed by atoms with Gasteiger partial charge in [0.25, 0.3) is 20.2 Å². The van der Waals surface area contributed by atoms with Gasteiger partial charge in [0.05, 0.1) is 0 Å². The Kier molecular flexibility index (Phi) is 2.99. The molecule has 0 saturated carbocycles. The summed E-state index contributed by atoms with van der Waals surface area (Å²) in [6.07, 6.45) is -0.279. The Hall–Kier alpha value is -0.670. The van der Waals surface area contributed by atoms with Gasteiger partial charge >= 0.3 is 0 Å². The Morgan fingerprint density at radius 2 is 1.72 bits per heavy atom. The Balaban J connectivity index is 2.79. The zero-order valence-corrected chi connectivity index (χ0v) is 11.2. The largest absolute Gasteiger partial charge is 0.290 e. The van der Waals surface area contributed by atoms with E-state index in [0.717, 1.165) is 0 Å². The highest BCUT2D eigenvalue weighted by atomic mass is 35.5. The number of fused-ring (bicyclic) bond motifs is 1. The van der Waals surface area contributed by atoms with Gasteiger partial charge in [0, 0.05) is 0 Å². The highest BCUT2D eigenvalue weighted by Crippen LogP contribution is 2.48. The molecule has 0 heterocycles. The molecule has 2 rings (SSSR count). The van der Waals surface area contributed by atoms with Gasteiger partial charge in [-0.2, -0.15) is 16.8 Å². The molecule has 18 heavy (non-hydrogen) atoms. The molecule has 2 N–H and O–H groups in total. The Morgan fingerprint density at radius 3 is 2.22 bits per heavy atom. The number of hydrogen-bond acceptors (Lipinski definition) is 4. The summed E-state index contributed by atoms with van der Waals surface area (Å²) in [6.45, 7) is 0. The molecule has 0 fully saturated rings. The van der Waals surface area contributed by atoms with Gasteiger partial charge in [-0.3, -0.25) is 9.11 Å². The van der Waals surface area contributed by atoms with Crippen LogP contribution < -0.4 is 0 Å². The average Bonchev–Trinajstić information content (AvgIpc) is 2.53. The Bertz CT molecular complexity index is 696. The number of benzene rings is 1. The predicted octanol–water partition coefficient (Wildman–Crippen LogP) is 0.779. The van der Waals surface area contributed by atoms with E-state index >= 15 is 0 Å². The second-order valence-electron chi connectivity index (χ2n) is 3.98. The number of alkyl halides is 1. The normalized spacial score (nSPS) is 28.1. The number of rotatable bonds is 2. The molecule has 0 radical (unpaired) electrons. The quantitative estimate of drug-likeness (QED) is 0.617. The van der Waals surface area contributed by atoms with Crippen LogP contribution in [0.2, 0.25) is 0 Å². The fourth-order valence-electron chi connectivity index (χ4n) is 2.14. The van der Waals surface area contributed by atoms with Crippen molar-refractivity contribution in [1.29, 1.82) is 0 Å². The molecule has 9 heteroatoms. The third kappa shape index (κ3) is 1.84. The van der Waals surface area contributed by atoms with Crippen LogP contribution in [-0.4, -0.2) is 31.2 Å². The van der Waals surface area contributed by atoms with Gasteiger partial charge in [-0.1, -0.05) is 35.9 Å². The maximum atomic E-state index is 11.4. The van der Waals surface area contributed by atoms with Crippen LogP contribution in [-0.2, 0) is 30.9 Å². The fourth-order valence-corrected chi connectivity index (χ4v) is 5.26. The van der Waals surface area contributed by atoms with Crippen LogP contribution in [0, 0.1) is 0 Å². The SMILES string of the molecule is O=S(=O)(O)C1Cc2ccccc2C1(Cl)S(=O)(=O)O. The van der Waals surface area contributed by atoms with E-state index in [0.29, 0.717) is 5.56 Å². The topological polar surface area (TPSA) is 109 Å². The molecule has 0 amide bonds. The molecule has 1 aromatic rings. The van der Waals surface area contributed by atoms with Crippen molar-refractivity contribution in [2.45, 2.75) is 15.9 Å². The summed E-state index contributed by atoms with van der Waals surface area (Å²) in [7, 11) is -9.65. The summed E-state index contributed by atoms with van der Waals surface area (Å²) >= 11 is 5.85. The summed E-state index contributed by atoms with van der Waals surface area (Å²) in [5.74, 6) is 0. The van der Waals surface area contributed by atoms with Gasteiger partial charge in [-0.25, -0.2) is 0 Å². The summed E-state index contributed by atoms with van der Waals surface area (Å²) in [4.78, 5) is 0. The van der Waals surface area contributed by atoms with E-state index in [9.17, 15) is 21.4 Å². The van der Waals surface area contributed by atoms with Crippen LogP contribution in [0.5, 0.6) is 0 Å². The lowest BCUT2D eigenvalue weighted by Crippen LogP contribution is -2.42. The number of halogens is 1. The first-order valence-electron chi connectivity index (χ1n) is 4.79. The monoisotopic (exact) mass is 312 g/mol. The molecule has 1 aromatic carbocycles. The molecular weight excluding hydrogens is 304 g/mol. The third-order valence-corrected chi connectivity index (χ3v) is 6.76. The minimum Gasteiger partial charge on any atom is -0.285 e. The van der Waals surface area contributed by atoms with Crippen molar-refractivity contribution in [2.75, 3.05) is 0 Å². The highest BCUT2D eigenvalue weighted by Gasteiger charge is 2.60. The van der Waals surface area contributed by atoms with Crippen molar-refractivity contribution in [3.63, 3.8) is 0 Å². The standard InChI is InChI=1S/C9H9ClO6S2/c10-9(18(14,15)16)7-4-2-1-3-6(7)5-8(9)17(11,12)13/h1-4,8H,5H2,(H,11,12,13)(H,14,15,16). The lowest BCUT2D eigenvalue weighted by atomic mass is 10.1. The van der Waals surface area contributed by atoms with E-state index in [-0.39, 0.29) is 12.0 Å². The van der Waals surface area contributed by atoms with E-state index in [4.69, 9.17) is 16.2 Å². The van der Waals surface area contributed by atoms with E-state index in [1.807, 2.05) is 0 Å². The van der Waals surface area contributed by atoms with Gasteiger partial charge in [-0.15, -0.1) is 0 Å². The van der Waals surface area contributed by atoms with Crippen molar-refractivity contribution in [2.24, 2.45) is 0 Å². The van der Waals surface area contributed by atoms with Crippen LogP contribution in [0.25, 0.3) is 0 Å². The van der Waals surface area contributed by atoms with Crippen LogP contribution in [0.15, 0.2) is 24.3 Å². The first-order valence-corrected chi connectivity index (χ1v) is 8.11. The van der Waals surface area contributed by atoms with E-state index < -0.39 is 29.7 Å². The maximum absolute atomic E-state index is 11.4. The summed E-state index contributed by atoms with van der Waals surface area (Å²) < 4.78 is 61.1. The van der Waals surface area contributed by atoms with Crippen LogP contribution in [0.1, 0.15) is 11.1 Å². The first kappa shape index (κ1) is 13.8. The van der Waals surface area contributed by atoms with Crippen molar-refractivity contribution in [1.82, 2.24) is 0 Å². The smallest absolute Gasteiger partial charge is 0.285 e. The number of hydrogen-bond donors (Lipinski definition) is 2. The molecule has 0 saturated heterocycles.